The molecule has 7 heteroatoms. The fraction of sp³-hybridized carbons (Fsp3) is 0.476. The molecule has 0 unspecified atom stereocenters. The van der Waals surface area contributed by atoms with Gasteiger partial charge in [0.05, 0.1) is 12.2 Å². The summed E-state index contributed by atoms with van der Waals surface area (Å²) in [5, 5.41) is 4.57. The molecule has 0 aliphatic carbocycles. The topological polar surface area (TPSA) is 64.4 Å². The van der Waals surface area contributed by atoms with Crippen LogP contribution in [0.2, 0.25) is 5.15 Å². The number of likely N-dealkylation sites (tertiary alicyclic amines) is 1. The van der Waals surface area contributed by atoms with Crippen molar-refractivity contribution in [3.8, 4) is 0 Å². The van der Waals surface area contributed by atoms with E-state index in [2.05, 4.69) is 18.9 Å². The predicted molar refractivity (Wildman–Crippen MR) is 107 cm³/mol. The summed E-state index contributed by atoms with van der Waals surface area (Å²) in [5.74, 6) is 0.123. The summed E-state index contributed by atoms with van der Waals surface area (Å²) in [5.41, 5.74) is 1.72. The predicted octanol–water partition coefficient (Wildman–Crippen LogP) is 3.55. The first-order valence-electron chi connectivity index (χ1n) is 9.57. The number of hydrogen-bond donors (Lipinski definition) is 0. The number of aromatic nitrogens is 2. The van der Waals surface area contributed by atoms with E-state index in [0.717, 1.165) is 12.0 Å². The highest BCUT2D eigenvalue weighted by molar-refractivity contribution is 6.32. The SMILES string of the molecule is Cc1nn(Cc2ccccc2)c(Cl)c1C(=O)OCC(=O)N1C[C@H](C)C[C@@H](C)C1. The van der Waals surface area contributed by atoms with Gasteiger partial charge in [0.2, 0.25) is 0 Å². The Labute approximate surface area is 170 Å². The molecular formula is C21H26ClN3O3. The van der Waals surface area contributed by atoms with Gasteiger partial charge in [-0.25, -0.2) is 9.48 Å². The summed E-state index contributed by atoms with van der Waals surface area (Å²) in [4.78, 5) is 26.8. The van der Waals surface area contributed by atoms with Gasteiger partial charge in [0, 0.05) is 13.1 Å². The zero-order valence-corrected chi connectivity index (χ0v) is 17.3. The van der Waals surface area contributed by atoms with Crippen LogP contribution in [0, 0.1) is 18.8 Å². The van der Waals surface area contributed by atoms with Crippen LogP contribution in [0.15, 0.2) is 30.3 Å². The molecule has 0 N–H and O–H groups in total. The molecule has 150 valence electrons. The summed E-state index contributed by atoms with van der Waals surface area (Å²) in [6, 6.07) is 9.73. The molecule has 1 aromatic carbocycles. The molecule has 1 fully saturated rings. The average molecular weight is 404 g/mol. The molecule has 1 aliphatic rings. The fourth-order valence-corrected chi connectivity index (χ4v) is 4.12. The number of carbonyl (C=O) groups excluding carboxylic acids is 2. The van der Waals surface area contributed by atoms with Gasteiger partial charge in [-0.15, -0.1) is 0 Å². The summed E-state index contributed by atoms with van der Waals surface area (Å²) in [6.45, 7) is 7.55. The van der Waals surface area contributed by atoms with Crippen molar-refractivity contribution >= 4 is 23.5 Å². The lowest BCUT2D eigenvalue weighted by Gasteiger charge is -2.34. The second-order valence-corrected chi connectivity index (χ2v) is 8.07. The minimum absolute atomic E-state index is 0.169. The Hall–Kier alpha value is -2.34. The van der Waals surface area contributed by atoms with Crippen molar-refractivity contribution in [3.63, 3.8) is 0 Å². The summed E-state index contributed by atoms with van der Waals surface area (Å²) in [7, 11) is 0. The smallest absolute Gasteiger partial charge is 0.343 e. The normalized spacial score (nSPS) is 19.5. The number of nitrogens with zero attached hydrogens (tertiary/aromatic N) is 3. The first-order valence-corrected chi connectivity index (χ1v) is 9.94. The molecule has 1 aromatic heterocycles. The maximum absolute atomic E-state index is 12.5. The molecule has 2 atom stereocenters. The van der Waals surface area contributed by atoms with E-state index in [1.165, 1.54) is 0 Å². The highest BCUT2D eigenvalue weighted by atomic mass is 35.5. The van der Waals surface area contributed by atoms with E-state index in [0.29, 0.717) is 37.2 Å². The monoisotopic (exact) mass is 403 g/mol. The maximum atomic E-state index is 12.5. The van der Waals surface area contributed by atoms with Crippen LogP contribution >= 0.6 is 11.6 Å². The number of benzene rings is 1. The molecule has 1 amide bonds. The molecule has 0 saturated carbocycles. The van der Waals surface area contributed by atoms with Gasteiger partial charge in [-0.3, -0.25) is 4.79 Å². The molecule has 1 saturated heterocycles. The van der Waals surface area contributed by atoms with Crippen molar-refractivity contribution in [2.75, 3.05) is 19.7 Å². The molecule has 28 heavy (non-hydrogen) atoms. The number of halogens is 1. The first kappa shape index (κ1) is 20.4. The van der Waals surface area contributed by atoms with E-state index in [1.807, 2.05) is 30.3 Å². The molecule has 3 rings (SSSR count). The molecule has 0 bridgehead atoms. The van der Waals surface area contributed by atoms with Crippen molar-refractivity contribution in [3.05, 3.63) is 52.3 Å². The van der Waals surface area contributed by atoms with Crippen LogP contribution in [-0.2, 0) is 16.1 Å². The number of rotatable bonds is 5. The third kappa shape index (κ3) is 4.73. The molecule has 6 nitrogen and oxygen atoms in total. The average Bonchev–Trinajstić information content (AvgIpc) is 2.93. The lowest BCUT2D eigenvalue weighted by molar-refractivity contribution is -0.137. The van der Waals surface area contributed by atoms with E-state index >= 15 is 0 Å². The molecule has 0 spiro atoms. The number of aryl methyl sites for hydroxylation is 1. The zero-order valence-electron chi connectivity index (χ0n) is 16.5. The van der Waals surface area contributed by atoms with E-state index in [4.69, 9.17) is 16.3 Å². The third-order valence-corrected chi connectivity index (χ3v) is 5.38. The number of esters is 1. The van der Waals surface area contributed by atoms with Gasteiger partial charge in [-0.2, -0.15) is 5.10 Å². The number of piperidine rings is 1. The quantitative estimate of drug-likeness (QED) is 0.716. The molecule has 1 aliphatic heterocycles. The number of amides is 1. The Bertz CT molecular complexity index is 840. The minimum Gasteiger partial charge on any atom is -0.452 e. The number of hydrogen-bond acceptors (Lipinski definition) is 4. The standard InChI is InChI=1S/C21H26ClN3O3/c1-14-9-15(2)11-24(10-14)18(26)13-28-21(27)19-16(3)23-25(20(19)22)12-17-7-5-4-6-8-17/h4-8,14-15H,9-13H2,1-3H3/t14-,15-/m1/s1. The van der Waals surface area contributed by atoms with Crippen LogP contribution in [-0.4, -0.2) is 46.3 Å². The van der Waals surface area contributed by atoms with E-state index in [1.54, 1.807) is 16.5 Å². The van der Waals surface area contributed by atoms with E-state index < -0.39 is 5.97 Å². The van der Waals surface area contributed by atoms with Crippen LogP contribution in [0.25, 0.3) is 0 Å². The second-order valence-electron chi connectivity index (χ2n) is 7.72. The molecular weight excluding hydrogens is 378 g/mol. The minimum atomic E-state index is -0.617. The Morgan fingerprint density at radius 1 is 1.18 bits per heavy atom. The van der Waals surface area contributed by atoms with Gasteiger partial charge in [0.25, 0.3) is 5.91 Å². The first-order chi connectivity index (χ1) is 13.3. The van der Waals surface area contributed by atoms with Crippen LogP contribution in [0.5, 0.6) is 0 Å². The summed E-state index contributed by atoms with van der Waals surface area (Å²) >= 11 is 6.38. The Morgan fingerprint density at radius 3 is 2.46 bits per heavy atom. The van der Waals surface area contributed by atoms with Gasteiger partial charge in [0.15, 0.2) is 6.61 Å². The molecule has 0 radical (unpaired) electrons. The second kappa shape index (κ2) is 8.78. The largest absolute Gasteiger partial charge is 0.452 e. The third-order valence-electron chi connectivity index (χ3n) is 4.99. The summed E-state index contributed by atoms with van der Waals surface area (Å²) in [6.07, 6.45) is 1.11. The van der Waals surface area contributed by atoms with Gasteiger partial charge < -0.3 is 9.64 Å². The number of ether oxygens (including phenoxy) is 1. The number of carbonyl (C=O) groups is 2. The molecule has 2 heterocycles. The maximum Gasteiger partial charge on any atom is 0.343 e. The Kier molecular flexibility index (Phi) is 6.39. The summed E-state index contributed by atoms with van der Waals surface area (Å²) < 4.78 is 6.84. The van der Waals surface area contributed by atoms with Crippen LogP contribution < -0.4 is 0 Å². The lowest BCUT2D eigenvalue weighted by atomic mass is 9.92. The van der Waals surface area contributed by atoms with Crippen molar-refractivity contribution in [2.24, 2.45) is 11.8 Å². The molecule has 2 aromatic rings. The van der Waals surface area contributed by atoms with Crippen molar-refractivity contribution in [1.29, 1.82) is 0 Å². The zero-order chi connectivity index (χ0) is 20.3. The Morgan fingerprint density at radius 2 is 1.82 bits per heavy atom. The van der Waals surface area contributed by atoms with Crippen LogP contribution in [0.4, 0.5) is 0 Å². The van der Waals surface area contributed by atoms with Crippen LogP contribution in [0.1, 0.15) is 41.9 Å². The fourth-order valence-electron chi connectivity index (χ4n) is 3.80. The lowest BCUT2D eigenvalue weighted by Crippen LogP contribution is -2.44. The van der Waals surface area contributed by atoms with E-state index in [9.17, 15) is 9.59 Å². The highest BCUT2D eigenvalue weighted by Crippen LogP contribution is 2.23. The van der Waals surface area contributed by atoms with E-state index in [-0.39, 0.29) is 23.2 Å². The van der Waals surface area contributed by atoms with Crippen molar-refractivity contribution < 1.29 is 14.3 Å². The van der Waals surface area contributed by atoms with Crippen molar-refractivity contribution in [1.82, 2.24) is 14.7 Å². The van der Waals surface area contributed by atoms with Crippen molar-refractivity contribution in [2.45, 2.75) is 33.7 Å². The highest BCUT2D eigenvalue weighted by Gasteiger charge is 2.27. The van der Waals surface area contributed by atoms with Crippen LogP contribution in [0.3, 0.4) is 0 Å². The van der Waals surface area contributed by atoms with Gasteiger partial charge in [0.1, 0.15) is 10.7 Å². The van der Waals surface area contributed by atoms with Gasteiger partial charge in [-0.05, 0) is 30.7 Å². The van der Waals surface area contributed by atoms with Gasteiger partial charge in [-0.1, -0.05) is 55.8 Å². The van der Waals surface area contributed by atoms with Gasteiger partial charge >= 0.3 is 5.97 Å². The Balaban J connectivity index is 1.63.